The van der Waals surface area contributed by atoms with Gasteiger partial charge in [0.1, 0.15) is 0 Å². The number of aryl methyl sites for hydroxylation is 4. The molecule has 0 atom stereocenters. The highest BCUT2D eigenvalue weighted by molar-refractivity contribution is 5.89. The quantitative estimate of drug-likeness (QED) is 0.614. The first-order chi connectivity index (χ1) is 11.7. The monoisotopic (exact) mass is 318 g/mol. The molecule has 0 aromatic heterocycles. The first-order valence-corrected chi connectivity index (χ1v) is 8.78. The lowest BCUT2D eigenvalue weighted by molar-refractivity contribution is -0.134. The van der Waals surface area contributed by atoms with E-state index in [9.17, 15) is 4.79 Å². The van der Waals surface area contributed by atoms with Gasteiger partial charge in [0.15, 0.2) is 0 Å². The standard InChI is InChI=1S/C22H22O2/c1-24-22(23)11-10-20-13-17-6-3-7-18(17)14-21(20)19-9-8-15-4-2-5-16(15)12-19/h8-14H,2-7H2,1H3/b11-10+. The Morgan fingerprint density at radius 3 is 2.33 bits per heavy atom. The van der Waals surface area contributed by atoms with Crippen LogP contribution in [0.15, 0.2) is 36.4 Å². The maximum atomic E-state index is 11.5. The predicted octanol–water partition coefficient (Wildman–Crippen LogP) is 4.52. The molecular formula is C22H22O2. The molecule has 0 aliphatic heterocycles. The zero-order valence-corrected chi connectivity index (χ0v) is 14.1. The number of carbonyl (C=O) groups excluding carboxylic acids is 1. The molecule has 0 amide bonds. The highest BCUT2D eigenvalue weighted by atomic mass is 16.5. The van der Waals surface area contributed by atoms with Crippen LogP contribution in [0.1, 0.15) is 40.7 Å². The molecule has 0 N–H and O–H groups in total. The summed E-state index contributed by atoms with van der Waals surface area (Å²) in [6.07, 6.45) is 10.6. The van der Waals surface area contributed by atoms with Gasteiger partial charge in [0.2, 0.25) is 0 Å². The summed E-state index contributed by atoms with van der Waals surface area (Å²) in [7, 11) is 1.41. The fourth-order valence-corrected chi connectivity index (χ4v) is 4.00. The largest absolute Gasteiger partial charge is 0.466 e. The lowest BCUT2D eigenvalue weighted by Gasteiger charge is -2.12. The topological polar surface area (TPSA) is 26.3 Å². The maximum Gasteiger partial charge on any atom is 0.330 e. The van der Waals surface area contributed by atoms with Gasteiger partial charge in [0, 0.05) is 6.08 Å². The second kappa shape index (κ2) is 6.27. The molecule has 0 spiro atoms. The minimum absolute atomic E-state index is 0.310. The molecule has 0 saturated heterocycles. The molecule has 0 unspecified atom stereocenters. The molecule has 0 saturated carbocycles. The van der Waals surface area contributed by atoms with Crippen molar-refractivity contribution in [3.63, 3.8) is 0 Å². The van der Waals surface area contributed by atoms with Crippen LogP contribution in [0, 0.1) is 0 Å². The second-order valence-electron chi connectivity index (χ2n) is 6.76. The van der Waals surface area contributed by atoms with E-state index in [2.05, 4.69) is 30.3 Å². The molecule has 2 aromatic rings. The molecule has 0 bridgehead atoms. The summed E-state index contributed by atoms with van der Waals surface area (Å²) in [6, 6.07) is 11.4. The molecular weight excluding hydrogens is 296 g/mol. The van der Waals surface area contributed by atoms with Crippen LogP contribution in [0.25, 0.3) is 17.2 Å². The van der Waals surface area contributed by atoms with E-state index in [1.807, 2.05) is 6.08 Å². The predicted molar refractivity (Wildman–Crippen MR) is 97.0 cm³/mol. The summed E-state index contributed by atoms with van der Waals surface area (Å²) in [5.41, 5.74) is 9.45. The van der Waals surface area contributed by atoms with Gasteiger partial charge in [-0.1, -0.05) is 30.3 Å². The molecule has 2 nitrogen and oxygen atoms in total. The van der Waals surface area contributed by atoms with Crippen LogP contribution in [0.4, 0.5) is 0 Å². The van der Waals surface area contributed by atoms with E-state index in [1.165, 1.54) is 72.2 Å². The third-order valence-electron chi connectivity index (χ3n) is 5.27. The zero-order valence-electron chi connectivity index (χ0n) is 14.1. The van der Waals surface area contributed by atoms with Crippen molar-refractivity contribution in [2.75, 3.05) is 7.11 Å². The van der Waals surface area contributed by atoms with Crippen molar-refractivity contribution in [1.82, 2.24) is 0 Å². The fourth-order valence-electron chi connectivity index (χ4n) is 4.00. The Hall–Kier alpha value is -2.35. The number of ether oxygens (including phenoxy) is 1. The van der Waals surface area contributed by atoms with Gasteiger partial charge in [-0.15, -0.1) is 0 Å². The molecule has 2 heteroatoms. The number of benzene rings is 2. The average Bonchev–Trinajstić information content (AvgIpc) is 3.26. The Balaban J connectivity index is 1.81. The van der Waals surface area contributed by atoms with Crippen molar-refractivity contribution in [2.24, 2.45) is 0 Å². The summed E-state index contributed by atoms with van der Waals surface area (Å²) in [6.45, 7) is 0. The van der Waals surface area contributed by atoms with E-state index < -0.39 is 0 Å². The number of rotatable bonds is 3. The lowest BCUT2D eigenvalue weighted by atomic mass is 9.92. The Kier molecular flexibility index (Phi) is 3.97. The van der Waals surface area contributed by atoms with Crippen LogP contribution in [0.5, 0.6) is 0 Å². The number of hydrogen-bond acceptors (Lipinski definition) is 2. The molecule has 2 aromatic carbocycles. The summed E-state index contributed by atoms with van der Waals surface area (Å²) in [4.78, 5) is 11.5. The summed E-state index contributed by atoms with van der Waals surface area (Å²) in [5.74, 6) is -0.310. The van der Waals surface area contributed by atoms with Crippen molar-refractivity contribution in [2.45, 2.75) is 38.5 Å². The Morgan fingerprint density at radius 1 is 0.917 bits per heavy atom. The molecule has 24 heavy (non-hydrogen) atoms. The number of hydrogen-bond donors (Lipinski definition) is 0. The van der Waals surface area contributed by atoms with Crippen molar-refractivity contribution < 1.29 is 9.53 Å². The minimum atomic E-state index is -0.310. The maximum absolute atomic E-state index is 11.5. The van der Waals surface area contributed by atoms with E-state index in [0.717, 1.165) is 18.4 Å². The van der Waals surface area contributed by atoms with E-state index in [4.69, 9.17) is 4.74 Å². The smallest absolute Gasteiger partial charge is 0.330 e. The number of esters is 1. The van der Waals surface area contributed by atoms with Crippen LogP contribution in [-0.4, -0.2) is 13.1 Å². The zero-order chi connectivity index (χ0) is 16.5. The van der Waals surface area contributed by atoms with Crippen molar-refractivity contribution >= 4 is 12.0 Å². The molecule has 2 aliphatic carbocycles. The second-order valence-corrected chi connectivity index (χ2v) is 6.76. The van der Waals surface area contributed by atoms with Crippen LogP contribution in [0.3, 0.4) is 0 Å². The van der Waals surface area contributed by atoms with E-state index in [0.29, 0.717) is 0 Å². The number of carbonyl (C=O) groups is 1. The summed E-state index contributed by atoms with van der Waals surface area (Å²) < 4.78 is 4.74. The van der Waals surface area contributed by atoms with Gasteiger partial charge in [-0.05, 0) is 83.5 Å². The Labute approximate surface area is 143 Å². The van der Waals surface area contributed by atoms with E-state index >= 15 is 0 Å². The van der Waals surface area contributed by atoms with Gasteiger partial charge < -0.3 is 4.74 Å². The van der Waals surface area contributed by atoms with Gasteiger partial charge in [-0.25, -0.2) is 4.79 Å². The molecule has 2 aliphatic rings. The van der Waals surface area contributed by atoms with Crippen molar-refractivity contribution in [3.8, 4) is 11.1 Å². The number of methoxy groups -OCH3 is 1. The first-order valence-electron chi connectivity index (χ1n) is 8.78. The average molecular weight is 318 g/mol. The Bertz CT molecular complexity index is 830. The minimum Gasteiger partial charge on any atom is -0.466 e. The fraction of sp³-hybridized carbons (Fsp3) is 0.318. The first kappa shape index (κ1) is 15.2. The SMILES string of the molecule is COC(=O)/C=C/c1cc2c(cc1-c1ccc3c(c1)CCC3)CCC2. The molecule has 0 fully saturated rings. The van der Waals surface area contributed by atoms with Gasteiger partial charge in [-0.3, -0.25) is 0 Å². The number of fused-ring (bicyclic) bond motifs is 2. The highest BCUT2D eigenvalue weighted by Crippen LogP contribution is 2.34. The third-order valence-corrected chi connectivity index (χ3v) is 5.27. The molecule has 122 valence electrons. The normalized spacial score (nSPS) is 15.5. The molecule has 4 rings (SSSR count). The summed E-state index contributed by atoms with van der Waals surface area (Å²) in [5, 5.41) is 0. The molecule has 0 heterocycles. The van der Waals surface area contributed by atoms with Gasteiger partial charge in [0.05, 0.1) is 7.11 Å². The summed E-state index contributed by atoms with van der Waals surface area (Å²) >= 11 is 0. The van der Waals surface area contributed by atoms with Crippen molar-refractivity contribution in [1.29, 1.82) is 0 Å². The van der Waals surface area contributed by atoms with E-state index in [-0.39, 0.29) is 5.97 Å². The Morgan fingerprint density at radius 2 is 1.58 bits per heavy atom. The van der Waals surface area contributed by atoms with Gasteiger partial charge >= 0.3 is 5.97 Å². The highest BCUT2D eigenvalue weighted by Gasteiger charge is 2.17. The van der Waals surface area contributed by atoms with Gasteiger partial charge in [-0.2, -0.15) is 0 Å². The van der Waals surface area contributed by atoms with Crippen LogP contribution in [0.2, 0.25) is 0 Å². The van der Waals surface area contributed by atoms with E-state index in [1.54, 1.807) is 0 Å². The van der Waals surface area contributed by atoms with Crippen molar-refractivity contribution in [3.05, 3.63) is 64.2 Å². The lowest BCUT2D eigenvalue weighted by Crippen LogP contribution is -1.95. The van der Waals surface area contributed by atoms with Gasteiger partial charge in [0.25, 0.3) is 0 Å². The third kappa shape index (κ3) is 2.77. The van der Waals surface area contributed by atoms with Crippen LogP contribution >= 0.6 is 0 Å². The molecule has 0 radical (unpaired) electrons. The van der Waals surface area contributed by atoms with Crippen LogP contribution in [-0.2, 0) is 35.2 Å². The van der Waals surface area contributed by atoms with Crippen LogP contribution < -0.4 is 0 Å².